The summed E-state index contributed by atoms with van der Waals surface area (Å²) in [5.41, 5.74) is 0.911. The van der Waals surface area contributed by atoms with E-state index in [1.807, 2.05) is 46.3 Å². The minimum Gasteiger partial charge on any atom is -0.269 e. The van der Waals surface area contributed by atoms with Crippen LogP contribution in [0.3, 0.4) is 0 Å². The molecule has 0 saturated carbocycles. The molecule has 11 heteroatoms. The predicted molar refractivity (Wildman–Crippen MR) is 112 cm³/mol. The zero-order valence-corrected chi connectivity index (χ0v) is 18.6. The predicted octanol–water partition coefficient (Wildman–Crippen LogP) is 4.77. The van der Waals surface area contributed by atoms with Gasteiger partial charge in [-0.05, 0) is 47.5 Å². The maximum atomic E-state index is 11.7. The Morgan fingerprint density at radius 1 is 1.15 bits per heavy atom. The summed E-state index contributed by atoms with van der Waals surface area (Å²) in [5.74, 6) is 0.731. The highest BCUT2D eigenvalue weighted by Gasteiger charge is 2.20. The van der Waals surface area contributed by atoms with Crippen LogP contribution in [0.1, 0.15) is 0 Å². The minimum atomic E-state index is -3.28. The van der Waals surface area contributed by atoms with Crippen LogP contribution in [0.5, 0.6) is 0 Å². The van der Waals surface area contributed by atoms with Crippen LogP contribution < -0.4 is 0 Å². The van der Waals surface area contributed by atoms with Crippen molar-refractivity contribution in [1.29, 1.82) is 0 Å². The van der Waals surface area contributed by atoms with E-state index in [9.17, 15) is 8.42 Å². The molecule has 1 aromatic carbocycles. The van der Waals surface area contributed by atoms with E-state index in [0.29, 0.717) is 9.50 Å². The van der Waals surface area contributed by atoms with E-state index in [-0.39, 0.29) is 4.21 Å². The average molecular weight is 499 g/mol. The van der Waals surface area contributed by atoms with Crippen molar-refractivity contribution in [3.63, 3.8) is 0 Å². The first kappa shape index (κ1) is 18.8. The van der Waals surface area contributed by atoms with Crippen molar-refractivity contribution in [2.75, 3.05) is 6.26 Å². The van der Waals surface area contributed by atoms with Crippen LogP contribution in [0, 0.1) is 0 Å². The van der Waals surface area contributed by atoms with Crippen molar-refractivity contribution in [3.05, 3.63) is 52.4 Å². The third-order valence-electron chi connectivity index (χ3n) is 3.47. The number of halogens is 1. The summed E-state index contributed by atoms with van der Waals surface area (Å²) in [7, 11) is -3.28. The molecule has 0 saturated heterocycles. The number of nitrogens with zero attached hydrogens (tertiary/aromatic N) is 4. The second kappa shape index (κ2) is 7.47. The molecule has 4 rings (SSSR count). The van der Waals surface area contributed by atoms with E-state index in [1.165, 1.54) is 24.2 Å². The molecule has 4 aromatic rings. The highest BCUT2D eigenvalue weighted by molar-refractivity contribution is 9.10. The number of thiophene rings is 1. The standard InChI is InChI=1S/C16H11BrN4O2S4/c1-27(22,23)13-9-18-16(25-13)26-15-20-19-14(12-3-2-8-24-12)21(15)11-6-4-10(17)5-7-11/h2-9H,1H3. The summed E-state index contributed by atoms with van der Waals surface area (Å²) >= 11 is 7.45. The molecule has 0 bridgehead atoms. The summed E-state index contributed by atoms with van der Waals surface area (Å²) in [6, 6.07) is 11.8. The van der Waals surface area contributed by atoms with Crippen LogP contribution in [0.15, 0.2) is 66.2 Å². The third kappa shape index (κ3) is 4.02. The van der Waals surface area contributed by atoms with Crippen LogP contribution in [-0.4, -0.2) is 34.4 Å². The number of sulfone groups is 1. The lowest BCUT2D eigenvalue weighted by molar-refractivity contribution is 0.603. The molecule has 0 aliphatic carbocycles. The first-order valence-electron chi connectivity index (χ1n) is 7.51. The quantitative estimate of drug-likeness (QED) is 0.394. The Kier molecular flexibility index (Phi) is 5.21. The number of benzene rings is 1. The van der Waals surface area contributed by atoms with Crippen LogP contribution in [0.2, 0.25) is 0 Å². The largest absolute Gasteiger partial charge is 0.269 e. The number of rotatable bonds is 5. The van der Waals surface area contributed by atoms with Crippen LogP contribution in [-0.2, 0) is 9.84 Å². The molecule has 0 fully saturated rings. The van der Waals surface area contributed by atoms with Crippen molar-refractivity contribution in [2.45, 2.75) is 13.7 Å². The molecule has 0 atom stereocenters. The Hall–Kier alpha value is -1.53. The monoisotopic (exact) mass is 498 g/mol. The molecule has 0 aliphatic heterocycles. The average Bonchev–Trinajstić information content (AvgIpc) is 3.35. The highest BCUT2D eigenvalue weighted by Crippen LogP contribution is 2.36. The fourth-order valence-corrected chi connectivity index (χ4v) is 6.14. The smallest absolute Gasteiger partial charge is 0.203 e. The molecule has 0 amide bonds. The maximum absolute atomic E-state index is 11.7. The van der Waals surface area contributed by atoms with Gasteiger partial charge in [-0.1, -0.05) is 33.3 Å². The van der Waals surface area contributed by atoms with Crippen molar-refractivity contribution in [3.8, 4) is 16.4 Å². The summed E-state index contributed by atoms with van der Waals surface area (Å²) < 4.78 is 27.2. The topological polar surface area (TPSA) is 77.7 Å². The SMILES string of the molecule is CS(=O)(=O)c1cnc(Sc2nnc(-c3cccs3)n2-c2ccc(Br)cc2)s1. The van der Waals surface area contributed by atoms with Gasteiger partial charge in [-0.3, -0.25) is 4.57 Å². The third-order valence-corrected chi connectivity index (χ3v) is 8.67. The van der Waals surface area contributed by atoms with Gasteiger partial charge in [0.25, 0.3) is 0 Å². The molecular weight excluding hydrogens is 488 g/mol. The van der Waals surface area contributed by atoms with Gasteiger partial charge in [0, 0.05) is 16.4 Å². The number of aromatic nitrogens is 4. The van der Waals surface area contributed by atoms with Crippen LogP contribution in [0.4, 0.5) is 0 Å². The van der Waals surface area contributed by atoms with Crippen LogP contribution >= 0.6 is 50.4 Å². The van der Waals surface area contributed by atoms with E-state index < -0.39 is 9.84 Å². The second-order valence-electron chi connectivity index (χ2n) is 5.41. The molecule has 3 aromatic heterocycles. The normalized spacial score (nSPS) is 11.8. The lowest BCUT2D eigenvalue weighted by atomic mass is 10.3. The number of hydrogen-bond acceptors (Lipinski definition) is 8. The van der Waals surface area contributed by atoms with Gasteiger partial charge >= 0.3 is 0 Å². The Morgan fingerprint density at radius 3 is 2.56 bits per heavy atom. The van der Waals surface area contributed by atoms with Crippen LogP contribution in [0.25, 0.3) is 16.4 Å². The van der Waals surface area contributed by atoms with Crippen molar-refractivity contribution < 1.29 is 8.42 Å². The summed E-state index contributed by atoms with van der Waals surface area (Å²) in [4.78, 5) is 5.21. The van der Waals surface area contributed by atoms with Crippen molar-refractivity contribution in [2.24, 2.45) is 0 Å². The fraction of sp³-hybridized carbons (Fsp3) is 0.0625. The van der Waals surface area contributed by atoms with E-state index in [1.54, 1.807) is 11.3 Å². The lowest BCUT2D eigenvalue weighted by Crippen LogP contribution is -1.98. The number of thiazole rings is 1. The lowest BCUT2D eigenvalue weighted by Gasteiger charge is -2.08. The first-order chi connectivity index (χ1) is 12.9. The Morgan fingerprint density at radius 2 is 1.93 bits per heavy atom. The zero-order valence-electron chi connectivity index (χ0n) is 13.7. The molecule has 6 nitrogen and oxygen atoms in total. The molecule has 0 radical (unpaired) electrons. The maximum Gasteiger partial charge on any atom is 0.203 e. The Balaban J connectivity index is 1.79. The van der Waals surface area contributed by atoms with Gasteiger partial charge in [-0.2, -0.15) is 0 Å². The zero-order chi connectivity index (χ0) is 19.0. The Bertz CT molecular complexity index is 1180. The molecule has 3 heterocycles. The van der Waals surface area contributed by atoms with E-state index in [4.69, 9.17) is 0 Å². The van der Waals surface area contributed by atoms with Gasteiger partial charge in [-0.15, -0.1) is 21.5 Å². The fourth-order valence-electron chi connectivity index (χ4n) is 2.27. The molecule has 27 heavy (non-hydrogen) atoms. The van der Waals surface area contributed by atoms with E-state index in [2.05, 4.69) is 31.1 Å². The summed E-state index contributed by atoms with van der Waals surface area (Å²) in [6.07, 6.45) is 2.55. The molecule has 0 aliphatic rings. The summed E-state index contributed by atoms with van der Waals surface area (Å²) in [5, 5.41) is 11.3. The Labute approximate surface area is 176 Å². The van der Waals surface area contributed by atoms with Gasteiger partial charge in [0.1, 0.15) is 4.21 Å². The van der Waals surface area contributed by atoms with Gasteiger partial charge in [0.05, 0.1) is 11.1 Å². The molecule has 0 unspecified atom stereocenters. The molecule has 138 valence electrons. The summed E-state index contributed by atoms with van der Waals surface area (Å²) in [6.45, 7) is 0. The van der Waals surface area contributed by atoms with Crippen molar-refractivity contribution >= 4 is 60.2 Å². The van der Waals surface area contributed by atoms with Crippen molar-refractivity contribution in [1.82, 2.24) is 19.7 Å². The minimum absolute atomic E-state index is 0.234. The van der Waals surface area contributed by atoms with Gasteiger partial charge in [-0.25, -0.2) is 13.4 Å². The first-order valence-corrected chi connectivity index (χ1v) is 12.7. The molecular formula is C16H11BrN4O2S4. The van der Waals surface area contributed by atoms with Gasteiger partial charge in [0.2, 0.25) is 5.16 Å². The molecule has 0 N–H and O–H groups in total. The molecule has 0 spiro atoms. The number of hydrogen-bond donors (Lipinski definition) is 0. The van der Waals surface area contributed by atoms with Gasteiger partial charge in [0.15, 0.2) is 20.0 Å². The van der Waals surface area contributed by atoms with E-state index in [0.717, 1.165) is 32.2 Å². The van der Waals surface area contributed by atoms with Gasteiger partial charge < -0.3 is 0 Å². The van der Waals surface area contributed by atoms with E-state index >= 15 is 0 Å². The second-order valence-corrected chi connectivity index (χ2v) is 11.8. The highest BCUT2D eigenvalue weighted by atomic mass is 79.9.